The Bertz CT molecular complexity index is 799. The van der Waals surface area contributed by atoms with Crippen molar-refractivity contribution < 1.29 is 19.5 Å². The first kappa shape index (κ1) is 19.0. The molecule has 2 aromatic rings. The summed E-state index contributed by atoms with van der Waals surface area (Å²) in [5, 5.41) is 12.9. The maximum atomic E-state index is 11.4. The van der Waals surface area contributed by atoms with Gasteiger partial charge in [0.2, 0.25) is 0 Å². The number of oxime groups is 1. The number of carboxylic acids is 1. The molecule has 0 heterocycles. The van der Waals surface area contributed by atoms with Crippen molar-refractivity contribution in [2.45, 2.75) is 6.61 Å². The number of carboxylic acid groups (broad SMARTS) is 1. The second kappa shape index (κ2) is 9.25. The molecule has 0 atom stereocenters. The maximum absolute atomic E-state index is 11.4. The van der Waals surface area contributed by atoms with Crippen LogP contribution in [-0.4, -0.2) is 23.9 Å². The number of ether oxygens (including phenoxy) is 1. The van der Waals surface area contributed by atoms with E-state index in [4.69, 9.17) is 16.3 Å². The Balaban J connectivity index is 2.17. The molecule has 0 saturated heterocycles. The topological polar surface area (TPSA) is 68.1 Å². The smallest absolute Gasteiger partial charge is 0.358 e. The number of rotatable bonds is 7. The Morgan fingerprint density at radius 3 is 2.52 bits per heavy atom. The van der Waals surface area contributed by atoms with E-state index in [-0.39, 0.29) is 12.3 Å². The summed E-state index contributed by atoms with van der Waals surface area (Å²) in [7, 11) is 1.30. The van der Waals surface area contributed by atoms with Crippen molar-refractivity contribution in [3.05, 3.63) is 69.2 Å². The summed E-state index contributed by atoms with van der Waals surface area (Å²) >= 11 is 8.93. The average molecular weight is 425 g/mol. The molecule has 0 aliphatic carbocycles. The Morgan fingerprint density at radius 2 is 1.92 bits per heavy atom. The van der Waals surface area contributed by atoms with Crippen LogP contribution >= 0.6 is 27.5 Å². The monoisotopic (exact) mass is 423 g/mol. The quantitative estimate of drug-likeness (QED) is 0.520. The lowest BCUT2D eigenvalue weighted by atomic mass is 10.0. The van der Waals surface area contributed by atoms with Crippen LogP contribution in [0.15, 0.2) is 57.6 Å². The van der Waals surface area contributed by atoms with Gasteiger partial charge in [-0.3, -0.25) is 0 Å². The fourth-order valence-corrected chi connectivity index (χ4v) is 2.51. The summed E-state index contributed by atoms with van der Waals surface area (Å²) in [5.41, 5.74) is 1.89. The van der Waals surface area contributed by atoms with E-state index in [0.717, 1.165) is 5.56 Å². The van der Waals surface area contributed by atoms with Crippen LogP contribution in [0.4, 0.5) is 0 Å². The molecular weight excluding hydrogens is 410 g/mol. The zero-order valence-electron chi connectivity index (χ0n) is 13.3. The summed E-state index contributed by atoms with van der Waals surface area (Å²) in [6, 6.07) is 14.3. The van der Waals surface area contributed by atoms with Gasteiger partial charge in [-0.1, -0.05) is 53.2 Å². The molecule has 0 bridgehead atoms. The van der Waals surface area contributed by atoms with Crippen molar-refractivity contribution in [3.8, 4) is 5.75 Å². The van der Waals surface area contributed by atoms with Crippen LogP contribution in [0.3, 0.4) is 0 Å². The van der Waals surface area contributed by atoms with Gasteiger partial charge in [0.05, 0.1) is 3.94 Å². The van der Waals surface area contributed by atoms with Crippen molar-refractivity contribution in [1.29, 1.82) is 0 Å². The van der Waals surface area contributed by atoms with Crippen molar-refractivity contribution in [3.63, 3.8) is 0 Å². The summed E-state index contributed by atoms with van der Waals surface area (Å²) in [5.74, 6) is -0.518. The van der Waals surface area contributed by atoms with E-state index in [0.29, 0.717) is 20.8 Å². The fourth-order valence-electron chi connectivity index (χ4n) is 2.12. The first-order valence-electron chi connectivity index (χ1n) is 7.19. The van der Waals surface area contributed by atoms with Gasteiger partial charge in [-0.2, -0.15) is 0 Å². The van der Waals surface area contributed by atoms with Gasteiger partial charge in [0.25, 0.3) is 0 Å². The summed E-state index contributed by atoms with van der Waals surface area (Å²) in [6.07, 6.45) is 1.76. The van der Waals surface area contributed by atoms with Crippen molar-refractivity contribution in [2.75, 3.05) is 7.11 Å². The molecule has 2 rings (SSSR count). The molecule has 0 aromatic heterocycles. The molecule has 5 nitrogen and oxygen atoms in total. The minimum Gasteiger partial charge on any atom is -0.489 e. The average Bonchev–Trinajstić information content (AvgIpc) is 2.59. The van der Waals surface area contributed by atoms with Crippen molar-refractivity contribution in [2.24, 2.45) is 5.16 Å². The van der Waals surface area contributed by atoms with Gasteiger partial charge in [0.15, 0.2) is 5.71 Å². The minimum absolute atomic E-state index is 0.172. The molecule has 0 radical (unpaired) electrons. The van der Waals surface area contributed by atoms with Crippen LogP contribution in [0, 0.1) is 0 Å². The molecule has 7 heteroatoms. The van der Waals surface area contributed by atoms with Crippen LogP contribution in [0.1, 0.15) is 16.7 Å². The first-order valence-corrected chi connectivity index (χ1v) is 8.36. The minimum atomic E-state index is -1.17. The van der Waals surface area contributed by atoms with Crippen LogP contribution in [-0.2, 0) is 16.2 Å². The van der Waals surface area contributed by atoms with Crippen molar-refractivity contribution >= 4 is 45.3 Å². The highest BCUT2D eigenvalue weighted by molar-refractivity contribution is 9.12. The van der Waals surface area contributed by atoms with Gasteiger partial charge >= 0.3 is 5.97 Å². The summed E-state index contributed by atoms with van der Waals surface area (Å²) < 4.78 is 6.25. The number of benzene rings is 2. The van der Waals surface area contributed by atoms with Gasteiger partial charge in [-0.05, 0) is 45.3 Å². The fraction of sp³-hybridized carbons (Fsp3) is 0.111. The molecule has 0 saturated carbocycles. The molecule has 0 unspecified atom stereocenters. The largest absolute Gasteiger partial charge is 0.489 e. The summed E-state index contributed by atoms with van der Waals surface area (Å²) in [4.78, 5) is 16.0. The highest BCUT2D eigenvalue weighted by Crippen LogP contribution is 2.20. The standard InChI is InChI=1S/C18H15BrClNO4/c1-24-21-17(18(22)23)15-5-3-2-4-13(15)11-25-14-8-6-12(7-9-14)10-16(19)20/h2-10H,11H2,1H3,(H,22,23). The predicted octanol–water partition coefficient (Wildman–Crippen LogP) is 4.63. The predicted molar refractivity (Wildman–Crippen MR) is 101 cm³/mol. The normalized spacial score (nSPS) is 12.0. The van der Waals surface area contributed by atoms with E-state index in [1.54, 1.807) is 30.3 Å². The lowest BCUT2D eigenvalue weighted by molar-refractivity contribution is -0.129. The molecule has 0 fully saturated rings. The van der Waals surface area contributed by atoms with Crippen LogP contribution < -0.4 is 4.74 Å². The Morgan fingerprint density at radius 1 is 1.24 bits per heavy atom. The number of carbonyl (C=O) groups is 1. The molecule has 0 spiro atoms. The number of hydrogen-bond donors (Lipinski definition) is 1. The van der Waals surface area contributed by atoms with Crippen LogP contribution in [0.5, 0.6) is 5.75 Å². The van der Waals surface area contributed by atoms with Gasteiger partial charge in [-0.15, -0.1) is 0 Å². The molecule has 0 amide bonds. The number of hydrogen-bond acceptors (Lipinski definition) is 4. The van der Waals surface area contributed by atoms with E-state index >= 15 is 0 Å². The SMILES string of the molecule is CON=C(C(=O)O)c1ccccc1COc1ccc(C=C(Cl)Br)cc1. The van der Waals surface area contributed by atoms with Gasteiger partial charge < -0.3 is 14.7 Å². The van der Waals surface area contributed by atoms with E-state index < -0.39 is 5.97 Å². The van der Waals surface area contributed by atoms with Gasteiger partial charge in [0.1, 0.15) is 19.5 Å². The highest BCUT2D eigenvalue weighted by Gasteiger charge is 2.17. The number of halogens is 2. The Kier molecular flexibility index (Phi) is 7.03. The molecule has 130 valence electrons. The van der Waals surface area contributed by atoms with Gasteiger partial charge in [0, 0.05) is 5.56 Å². The van der Waals surface area contributed by atoms with Gasteiger partial charge in [-0.25, -0.2) is 4.79 Å². The number of aliphatic carboxylic acids is 1. The second-order valence-electron chi connectivity index (χ2n) is 4.88. The highest BCUT2D eigenvalue weighted by atomic mass is 79.9. The summed E-state index contributed by atoms with van der Waals surface area (Å²) in [6.45, 7) is 0.195. The van der Waals surface area contributed by atoms with E-state index in [1.165, 1.54) is 7.11 Å². The van der Waals surface area contributed by atoms with Crippen LogP contribution in [0.2, 0.25) is 0 Å². The maximum Gasteiger partial charge on any atom is 0.358 e. The molecule has 0 aliphatic heterocycles. The molecule has 2 aromatic carbocycles. The molecule has 0 aliphatic rings. The second-order valence-corrected chi connectivity index (χ2v) is 6.59. The van der Waals surface area contributed by atoms with Crippen molar-refractivity contribution in [1.82, 2.24) is 0 Å². The first-order chi connectivity index (χ1) is 12.0. The van der Waals surface area contributed by atoms with E-state index in [9.17, 15) is 9.90 Å². The molecular formula is C18H15BrClNO4. The zero-order valence-corrected chi connectivity index (χ0v) is 15.6. The lowest BCUT2D eigenvalue weighted by Gasteiger charge is -2.11. The Hall–Kier alpha value is -2.31. The number of nitrogens with zero attached hydrogens (tertiary/aromatic N) is 1. The third kappa shape index (κ3) is 5.62. The van der Waals surface area contributed by atoms with E-state index in [2.05, 4.69) is 25.9 Å². The lowest BCUT2D eigenvalue weighted by Crippen LogP contribution is -2.17. The Labute approximate surface area is 158 Å². The zero-order chi connectivity index (χ0) is 18.2. The third-order valence-electron chi connectivity index (χ3n) is 3.21. The molecule has 25 heavy (non-hydrogen) atoms. The molecule has 1 N–H and O–H groups in total. The third-order valence-corrected chi connectivity index (χ3v) is 3.55. The van der Waals surface area contributed by atoms with E-state index in [1.807, 2.05) is 24.3 Å². The van der Waals surface area contributed by atoms with Crippen LogP contribution in [0.25, 0.3) is 6.08 Å².